The normalized spacial score (nSPS) is 16.4. The van der Waals surface area contributed by atoms with Crippen LogP contribution in [0, 0.1) is 13.8 Å². The van der Waals surface area contributed by atoms with Crippen molar-refractivity contribution in [3.63, 3.8) is 0 Å². The zero-order chi connectivity index (χ0) is 32.5. The number of carbonyl (C=O) groups is 2. The van der Waals surface area contributed by atoms with Gasteiger partial charge in [0.05, 0.1) is 17.2 Å². The minimum absolute atomic E-state index is 0.0229. The molecule has 4 heterocycles. The number of amides is 2. The number of fused-ring (bicyclic) bond motifs is 1. The number of aromatic nitrogens is 2. The molecule has 0 spiro atoms. The number of hydrogen-bond acceptors (Lipinski definition) is 6. The molecule has 3 aromatic heterocycles. The highest BCUT2D eigenvalue weighted by molar-refractivity contribution is 7.19. The molecule has 1 unspecified atom stereocenters. The molecule has 4 aromatic rings. The second-order valence-corrected chi connectivity index (χ2v) is 14.0. The standard InChI is InChI=1S/C35H44N6O3S/c1-20(2)44-34(43)40-33(41-13-10-25(19-41)24-8-11-37-12-9-24)38-18-23(5)29-27-17-28(35(6,7)32(36)42)45-31(27)39-30(29)26-15-21(3)14-22(4)16-26/h8-9,11-12,14-17,20,23,25,39H,10,13,18-19H2,1-7H3,(H2,36,42)(H,38,40,43)/t23-,25?/m1/s1. The summed E-state index contributed by atoms with van der Waals surface area (Å²) < 4.78 is 5.43. The first-order chi connectivity index (χ1) is 21.3. The number of pyridine rings is 1. The lowest BCUT2D eigenvalue weighted by Gasteiger charge is -2.23. The fourth-order valence-corrected chi connectivity index (χ4v) is 7.20. The van der Waals surface area contributed by atoms with E-state index in [0.717, 1.165) is 51.4 Å². The number of ether oxygens (including phenoxy) is 1. The van der Waals surface area contributed by atoms with E-state index in [-0.39, 0.29) is 17.9 Å². The Morgan fingerprint density at radius 2 is 1.84 bits per heavy atom. The molecule has 5 rings (SSSR count). The lowest BCUT2D eigenvalue weighted by atomic mass is 9.89. The van der Waals surface area contributed by atoms with E-state index in [2.05, 4.69) is 65.2 Å². The molecule has 4 N–H and O–H groups in total. The Labute approximate surface area is 269 Å². The molecule has 238 valence electrons. The van der Waals surface area contributed by atoms with Crippen LogP contribution in [0.4, 0.5) is 4.79 Å². The van der Waals surface area contributed by atoms with Crippen LogP contribution in [0.15, 0.2) is 53.8 Å². The number of aryl methyl sites for hydroxylation is 2. The smallest absolute Gasteiger partial charge is 0.414 e. The molecule has 0 saturated carbocycles. The topological polar surface area (TPSA) is 126 Å². The molecule has 1 aliphatic heterocycles. The molecule has 9 nitrogen and oxygen atoms in total. The molecule has 1 aliphatic rings. The van der Waals surface area contributed by atoms with Crippen LogP contribution in [0.25, 0.3) is 21.5 Å². The van der Waals surface area contributed by atoms with Crippen molar-refractivity contribution in [3.8, 4) is 11.3 Å². The Kier molecular flexibility index (Phi) is 9.34. The molecule has 2 amide bonds. The maximum atomic E-state index is 12.8. The first-order valence-electron chi connectivity index (χ1n) is 15.5. The number of nitrogens with two attached hydrogens (primary N) is 1. The van der Waals surface area contributed by atoms with Crippen LogP contribution in [0.1, 0.15) is 80.0 Å². The summed E-state index contributed by atoms with van der Waals surface area (Å²) in [5.74, 6) is 0.450. The number of hydrogen-bond donors (Lipinski definition) is 3. The summed E-state index contributed by atoms with van der Waals surface area (Å²) >= 11 is 1.57. The van der Waals surface area contributed by atoms with Gasteiger partial charge in [-0.3, -0.25) is 20.1 Å². The van der Waals surface area contributed by atoms with E-state index in [0.29, 0.717) is 18.4 Å². The summed E-state index contributed by atoms with van der Waals surface area (Å²) in [6, 6.07) is 12.7. The van der Waals surface area contributed by atoms with Gasteiger partial charge in [0.1, 0.15) is 4.83 Å². The second-order valence-electron chi connectivity index (χ2n) is 13.0. The highest BCUT2D eigenvalue weighted by Gasteiger charge is 2.32. The third-order valence-corrected chi connectivity index (χ3v) is 9.88. The van der Waals surface area contributed by atoms with Crippen molar-refractivity contribution in [2.45, 2.75) is 78.2 Å². The highest BCUT2D eigenvalue weighted by atomic mass is 32.1. The first-order valence-corrected chi connectivity index (χ1v) is 16.4. The summed E-state index contributed by atoms with van der Waals surface area (Å²) in [5.41, 5.74) is 11.9. The molecule has 1 saturated heterocycles. The number of guanidine groups is 1. The average Bonchev–Trinajstić information content (AvgIpc) is 3.70. The Bertz CT molecular complexity index is 1700. The molecule has 10 heteroatoms. The van der Waals surface area contributed by atoms with Gasteiger partial charge in [0.15, 0.2) is 0 Å². The molecule has 1 aromatic carbocycles. The van der Waals surface area contributed by atoms with E-state index in [1.54, 1.807) is 11.3 Å². The predicted octanol–water partition coefficient (Wildman–Crippen LogP) is 6.75. The van der Waals surface area contributed by atoms with Gasteiger partial charge in [0, 0.05) is 54.1 Å². The van der Waals surface area contributed by atoms with Crippen LogP contribution < -0.4 is 11.1 Å². The molecule has 45 heavy (non-hydrogen) atoms. The zero-order valence-corrected chi connectivity index (χ0v) is 28.0. The zero-order valence-electron chi connectivity index (χ0n) is 27.2. The van der Waals surface area contributed by atoms with E-state index in [1.165, 1.54) is 16.7 Å². The van der Waals surface area contributed by atoms with Crippen molar-refractivity contribution in [3.05, 3.63) is 75.9 Å². The van der Waals surface area contributed by atoms with Gasteiger partial charge in [-0.25, -0.2) is 4.79 Å². The molecule has 0 aliphatic carbocycles. The summed E-state index contributed by atoms with van der Waals surface area (Å²) in [7, 11) is 0. The number of primary amides is 1. The van der Waals surface area contributed by atoms with Crippen molar-refractivity contribution in [2.75, 3.05) is 19.6 Å². The van der Waals surface area contributed by atoms with Gasteiger partial charge in [-0.1, -0.05) is 24.1 Å². The summed E-state index contributed by atoms with van der Waals surface area (Å²) in [6.07, 6.45) is 3.82. The van der Waals surface area contributed by atoms with Crippen LogP contribution in [-0.2, 0) is 14.9 Å². The van der Waals surface area contributed by atoms with E-state index >= 15 is 0 Å². The van der Waals surface area contributed by atoms with Gasteiger partial charge in [0.25, 0.3) is 0 Å². The van der Waals surface area contributed by atoms with Crippen LogP contribution in [0.5, 0.6) is 0 Å². The number of benzene rings is 1. The van der Waals surface area contributed by atoms with Gasteiger partial charge in [-0.05, 0) is 95.0 Å². The Morgan fingerprint density at radius 3 is 2.49 bits per heavy atom. The third-order valence-electron chi connectivity index (χ3n) is 8.50. The van der Waals surface area contributed by atoms with E-state index < -0.39 is 11.5 Å². The van der Waals surface area contributed by atoms with Crippen molar-refractivity contribution in [1.29, 1.82) is 0 Å². The molecule has 1 fully saturated rings. The number of nitrogens with one attached hydrogen (secondary N) is 2. The summed E-state index contributed by atoms with van der Waals surface area (Å²) in [6.45, 7) is 15.7. The van der Waals surface area contributed by atoms with Crippen molar-refractivity contribution >= 4 is 39.5 Å². The number of rotatable bonds is 8. The van der Waals surface area contributed by atoms with Crippen molar-refractivity contribution in [1.82, 2.24) is 20.2 Å². The quantitative estimate of drug-likeness (QED) is 0.147. The van der Waals surface area contributed by atoms with Gasteiger partial charge < -0.3 is 20.4 Å². The Balaban J connectivity index is 1.51. The van der Waals surface area contributed by atoms with Gasteiger partial charge >= 0.3 is 6.09 Å². The van der Waals surface area contributed by atoms with E-state index in [9.17, 15) is 9.59 Å². The van der Waals surface area contributed by atoms with E-state index in [4.69, 9.17) is 15.5 Å². The molecule has 0 radical (unpaired) electrons. The largest absolute Gasteiger partial charge is 0.447 e. The number of H-pyrrole nitrogens is 1. The summed E-state index contributed by atoms with van der Waals surface area (Å²) in [5, 5.41) is 4.01. The van der Waals surface area contributed by atoms with Crippen LogP contribution in [0.3, 0.4) is 0 Å². The first kappa shape index (κ1) is 32.2. The number of alkyl carbamates (subject to hydrolysis) is 1. The monoisotopic (exact) mass is 628 g/mol. The van der Waals surface area contributed by atoms with Crippen LogP contribution >= 0.6 is 11.3 Å². The lowest BCUT2D eigenvalue weighted by molar-refractivity contribution is -0.122. The number of nitrogens with zero attached hydrogens (tertiary/aromatic N) is 3. The predicted molar refractivity (Wildman–Crippen MR) is 182 cm³/mol. The number of aromatic amines is 1. The van der Waals surface area contributed by atoms with Crippen LogP contribution in [0.2, 0.25) is 0 Å². The minimum atomic E-state index is -0.793. The van der Waals surface area contributed by atoms with Gasteiger partial charge in [-0.2, -0.15) is 0 Å². The average molecular weight is 629 g/mol. The van der Waals surface area contributed by atoms with Crippen molar-refractivity contribution < 1.29 is 14.3 Å². The van der Waals surface area contributed by atoms with E-state index in [1.807, 2.05) is 52.2 Å². The molecular weight excluding hydrogens is 584 g/mol. The SMILES string of the molecule is Cc1cc(C)cc(-c2[nH]c3sc(C(C)(C)C(N)=O)cc3c2[C@H](C)CN=C(NC(=O)OC(C)C)N2CCC(c3ccncc3)C2)c1. The Morgan fingerprint density at radius 1 is 1.16 bits per heavy atom. The summed E-state index contributed by atoms with van der Waals surface area (Å²) in [4.78, 5) is 42.0. The molecule has 0 bridgehead atoms. The lowest BCUT2D eigenvalue weighted by Crippen LogP contribution is -2.44. The fraction of sp³-hybridized carbons (Fsp3) is 0.429. The maximum Gasteiger partial charge on any atom is 0.414 e. The number of likely N-dealkylation sites (tertiary alicyclic amines) is 1. The van der Waals surface area contributed by atoms with Crippen molar-refractivity contribution in [2.24, 2.45) is 10.7 Å². The number of aliphatic imine (C=N–C) groups is 1. The van der Waals surface area contributed by atoms with Gasteiger partial charge in [-0.15, -0.1) is 11.3 Å². The molecule has 2 atom stereocenters. The second kappa shape index (κ2) is 13.0. The fourth-order valence-electron chi connectivity index (χ4n) is 6.02. The highest BCUT2D eigenvalue weighted by Crippen LogP contribution is 2.43. The third kappa shape index (κ3) is 7.06. The van der Waals surface area contributed by atoms with Gasteiger partial charge in [0.2, 0.25) is 11.9 Å². The molecular formula is C35H44N6O3S. The maximum absolute atomic E-state index is 12.8. The minimum Gasteiger partial charge on any atom is -0.447 e. The number of thiophene rings is 1. The Hall–Kier alpha value is -4.18. The van der Waals surface area contributed by atoms with Crippen LogP contribution in [-0.4, -0.2) is 58.6 Å². The number of carbonyl (C=O) groups excluding carboxylic acids is 2.